The Morgan fingerprint density at radius 1 is 1.45 bits per heavy atom. The fourth-order valence-electron chi connectivity index (χ4n) is 0.945. The summed E-state index contributed by atoms with van der Waals surface area (Å²) in [5, 5.41) is 0. The number of anilines is 1. The fourth-order valence-corrected chi connectivity index (χ4v) is 0.945. The molecule has 0 radical (unpaired) electrons. The van der Waals surface area contributed by atoms with Gasteiger partial charge in [0.2, 0.25) is 0 Å². The molecule has 0 aliphatic heterocycles. The van der Waals surface area contributed by atoms with E-state index in [1.807, 2.05) is 6.07 Å². The molecule has 3 nitrogen and oxygen atoms in total. The Morgan fingerprint density at radius 2 is 2.18 bits per heavy atom. The van der Waals surface area contributed by atoms with E-state index in [0.717, 1.165) is 12.1 Å². The van der Waals surface area contributed by atoms with Gasteiger partial charge in [-0.15, -0.1) is 0 Å². The van der Waals surface area contributed by atoms with E-state index in [1.54, 1.807) is 0 Å². The molecule has 1 aromatic rings. The Labute approximate surface area is 66.7 Å². The van der Waals surface area contributed by atoms with Crippen molar-refractivity contribution < 1.29 is 0 Å². The van der Waals surface area contributed by atoms with Crippen molar-refractivity contribution >= 4 is 5.82 Å². The second-order valence-electron chi connectivity index (χ2n) is 3.03. The van der Waals surface area contributed by atoms with Crippen molar-refractivity contribution in [3.05, 3.63) is 18.1 Å². The number of nitrogens with two attached hydrogens (primary N) is 1. The smallest absolute Gasteiger partial charge is 0.126 e. The number of rotatable bonds is 2. The zero-order valence-electron chi connectivity index (χ0n) is 6.91. The van der Waals surface area contributed by atoms with Crippen molar-refractivity contribution in [2.75, 3.05) is 5.73 Å². The van der Waals surface area contributed by atoms with Crippen LogP contribution < -0.4 is 5.73 Å². The highest BCUT2D eigenvalue weighted by molar-refractivity contribution is 5.27. The van der Waals surface area contributed by atoms with Crippen LogP contribution in [-0.2, 0) is 6.42 Å². The Bertz CT molecular complexity index is 233. The van der Waals surface area contributed by atoms with Gasteiger partial charge in [-0.1, -0.05) is 13.8 Å². The van der Waals surface area contributed by atoms with Crippen molar-refractivity contribution in [1.82, 2.24) is 9.97 Å². The molecule has 60 valence electrons. The van der Waals surface area contributed by atoms with Gasteiger partial charge in [-0.05, 0) is 12.3 Å². The van der Waals surface area contributed by atoms with E-state index >= 15 is 0 Å². The number of nitrogens with zero attached hydrogens (tertiary/aromatic N) is 2. The predicted molar refractivity (Wildman–Crippen MR) is 45.0 cm³/mol. The Balaban J connectivity index is 2.71. The molecular weight excluding hydrogens is 138 g/mol. The van der Waals surface area contributed by atoms with Crippen LogP contribution in [0.4, 0.5) is 5.82 Å². The molecule has 0 unspecified atom stereocenters. The highest BCUT2D eigenvalue weighted by atomic mass is 14.9. The van der Waals surface area contributed by atoms with Crippen molar-refractivity contribution in [3.8, 4) is 0 Å². The first-order valence-corrected chi connectivity index (χ1v) is 3.75. The van der Waals surface area contributed by atoms with Gasteiger partial charge in [0, 0.05) is 11.8 Å². The largest absolute Gasteiger partial charge is 0.384 e. The zero-order chi connectivity index (χ0) is 8.27. The molecule has 0 fully saturated rings. The number of hydrogen-bond donors (Lipinski definition) is 1. The van der Waals surface area contributed by atoms with E-state index in [-0.39, 0.29) is 0 Å². The molecule has 1 heterocycles. The van der Waals surface area contributed by atoms with Crippen molar-refractivity contribution in [2.45, 2.75) is 20.3 Å². The lowest BCUT2D eigenvalue weighted by Gasteiger charge is -2.02. The molecule has 0 aliphatic rings. The van der Waals surface area contributed by atoms with Crippen LogP contribution in [0.25, 0.3) is 0 Å². The van der Waals surface area contributed by atoms with Gasteiger partial charge < -0.3 is 5.73 Å². The maximum atomic E-state index is 5.48. The molecule has 0 spiro atoms. The molecule has 1 rings (SSSR count). The van der Waals surface area contributed by atoms with Crippen molar-refractivity contribution in [2.24, 2.45) is 5.92 Å². The van der Waals surface area contributed by atoms with Gasteiger partial charge in [0.25, 0.3) is 0 Å². The number of hydrogen-bond acceptors (Lipinski definition) is 3. The minimum absolute atomic E-state index is 0.552. The minimum Gasteiger partial charge on any atom is -0.384 e. The third-order valence-corrected chi connectivity index (χ3v) is 1.36. The van der Waals surface area contributed by atoms with Crippen LogP contribution in [-0.4, -0.2) is 9.97 Å². The van der Waals surface area contributed by atoms with E-state index in [4.69, 9.17) is 5.73 Å². The molecule has 11 heavy (non-hydrogen) atoms. The predicted octanol–water partition coefficient (Wildman–Crippen LogP) is 1.26. The second-order valence-corrected chi connectivity index (χ2v) is 3.03. The van der Waals surface area contributed by atoms with Gasteiger partial charge in [0.05, 0.1) is 0 Å². The van der Waals surface area contributed by atoms with Crippen LogP contribution in [0.2, 0.25) is 0 Å². The van der Waals surface area contributed by atoms with Crippen LogP contribution in [0.3, 0.4) is 0 Å². The maximum absolute atomic E-state index is 5.48. The molecule has 0 bridgehead atoms. The van der Waals surface area contributed by atoms with Gasteiger partial charge in [-0.2, -0.15) is 0 Å². The van der Waals surface area contributed by atoms with Crippen LogP contribution >= 0.6 is 0 Å². The summed E-state index contributed by atoms with van der Waals surface area (Å²) in [7, 11) is 0. The van der Waals surface area contributed by atoms with Gasteiger partial charge >= 0.3 is 0 Å². The molecule has 0 amide bonds. The quantitative estimate of drug-likeness (QED) is 0.692. The van der Waals surface area contributed by atoms with Crippen LogP contribution in [0.15, 0.2) is 12.4 Å². The molecule has 0 aliphatic carbocycles. The summed E-state index contributed by atoms with van der Waals surface area (Å²) >= 11 is 0. The molecular formula is C8H13N3. The SMILES string of the molecule is CC(C)Cc1cc(N)ncn1. The second kappa shape index (κ2) is 3.32. The van der Waals surface area contributed by atoms with Crippen molar-refractivity contribution in [1.29, 1.82) is 0 Å². The highest BCUT2D eigenvalue weighted by Crippen LogP contribution is 2.05. The van der Waals surface area contributed by atoms with Crippen LogP contribution in [0.1, 0.15) is 19.5 Å². The molecule has 0 aromatic carbocycles. The third-order valence-electron chi connectivity index (χ3n) is 1.36. The average Bonchev–Trinajstić information content (AvgIpc) is 1.85. The van der Waals surface area contributed by atoms with Gasteiger partial charge in [-0.25, -0.2) is 9.97 Å². The number of aromatic nitrogens is 2. The van der Waals surface area contributed by atoms with Crippen molar-refractivity contribution in [3.63, 3.8) is 0 Å². The molecule has 0 saturated heterocycles. The van der Waals surface area contributed by atoms with Gasteiger partial charge in [-0.3, -0.25) is 0 Å². The van der Waals surface area contributed by atoms with E-state index in [9.17, 15) is 0 Å². The minimum atomic E-state index is 0.552. The van der Waals surface area contributed by atoms with Gasteiger partial charge in [0.15, 0.2) is 0 Å². The van der Waals surface area contributed by atoms with E-state index in [0.29, 0.717) is 11.7 Å². The summed E-state index contributed by atoms with van der Waals surface area (Å²) in [6, 6.07) is 1.82. The summed E-state index contributed by atoms with van der Waals surface area (Å²) in [4.78, 5) is 7.90. The Kier molecular flexibility index (Phi) is 2.41. The first-order chi connectivity index (χ1) is 5.18. The maximum Gasteiger partial charge on any atom is 0.126 e. The molecule has 0 saturated carbocycles. The van der Waals surface area contributed by atoms with Gasteiger partial charge in [0.1, 0.15) is 12.1 Å². The normalized spacial score (nSPS) is 10.5. The highest BCUT2D eigenvalue weighted by Gasteiger charge is 1.98. The molecule has 2 N–H and O–H groups in total. The lowest BCUT2D eigenvalue weighted by molar-refractivity contribution is 0.634. The fraction of sp³-hybridized carbons (Fsp3) is 0.500. The average molecular weight is 151 g/mol. The molecule has 3 heteroatoms. The van der Waals surface area contributed by atoms with Crippen LogP contribution in [0.5, 0.6) is 0 Å². The molecule has 0 atom stereocenters. The summed E-state index contributed by atoms with van der Waals surface area (Å²) in [6.07, 6.45) is 2.47. The summed E-state index contributed by atoms with van der Waals surface area (Å²) in [5.74, 6) is 1.17. The lowest BCUT2D eigenvalue weighted by atomic mass is 10.1. The topological polar surface area (TPSA) is 51.8 Å². The van der Waals surface area contributed by atoms with Crippen LogP contribution in [0, 0.1) is 5.92 Å². The lowest BCUT2D eigenvalue weighted by Crippen LogP contribution is -1.99. The van der Waals surface area contributed by atoms with E-state index in [2.05, 4.69) is 23.8 Å². The first-order valence-electron chi connectivity index (χ1n) is 3.75. The number of nitrogen functional groups attached to an aromatic ring is 1. The first kappa shape index (κ1) is 7.98. The monoisotopic (exact) mass is 151 g/mol. The molecule has 1 aromatic heterocycles. The Hall–Kier alpha value is -1.12. The Morgan fingerprint density at radius 3 is 2.73 bits per heavy atom. The summed E-state index contributed by atoms with van der Waals surface area (Å²) < 4.78 is 0. The summed E-state index contributed by atoms with van der Waals surface area (Å²) in [6.45, 7) is 4.30. The summed E-state index contributed by atoms with van der Waals surface area (Å²) in [5.41, 5.74) is 6.50. The zero-order valence-corrected chi connectivity index (χ0v) is 6.91. The standard InChI is InChI=1S/C8H13N3/c1-6(2)3-7-4-8(9)11-5-10-7/h4-6H,3H2,1-2H3,(H2,9,10,11). The van der Waals surface area contributed by atoms with E-state index in [1.165, 1.54) is 6.33 Å². The third kappa shape index (κ3) is 2.53. The van der Waals surface area contributed by atoms with E-state index < -0.39 is 0 Å².